The van der Waals surface area contributed by atoms with Crippen LogP contribution in [-0.2, 0) is 0 Å². The van der Waals surface area contributed by atoms with Gasteiger partial charge >= 0.3 is 0 Å². The van der Waals surface area contributed by atoms with Crippen molar-refractivity contribution in [2.75, 3.05) is 5.32 Å². The number of rotatable bonds is 5. The van der Waals surface area contributed by atoms with Crippen molar-refractivity contribution in [1.82, 2.24) is 5.32 Å². The lowest BCUT2D eigenvalue weighted by Crippen LogP contribution is -2.31. The van der Waals surface area contributed by atoms with Gasteiger partial charge in [-0.15, -0.1) is 0 Å². The number of nitrogens with one attached hydrogen (secondary N) is 2. The first-order valence-corrected chi connectivity index (χ1v) is 8.43. The third-order valence-corrected chi connectivity index (χ3v) is 4.85. The Hall–Kier alpha value is -1.51. The molecule has 114 valence electrons. The molecule has 1 aromatic carbocycles. The van der Waals surface area contributed by atoms with Gasteiger partial charge < -0.3 is 10.6 Å². The van der Waals surface area contributed by atoms with E-state index >= 15 is 0 Å². The van der Waals surface area contributed by atoms with Crippen LogP contribution in [0.2, 0.25) is 0 Å². The highest BCUT2D eigenvalue weighted by molar-refractivity contribution is 5.94. The molecule has 0 saturated heterocycles. The van der Waals surface area contributed by atoms with Crippen LogP contribution < -0.4 is 10.6 Å². The van der Waals surface area contributed by atoms with Crippen LogP contribution >= 0.6 is 0 Å². The molecule has 3 heteroatoms. The molecule has 2 fully saturated rings. The van der Waals surface area contributed by atoms with Crippen LogP contribution in [0.25, 0.3) is 0 Å². The van der Waals surface area contributed by atoms with E-state index in [4.69, 9.17) is 0 Å². The van der Waals surface area contributed by atoms with Crippen molar-refractivity contribution in [3.05, 3.63) is 29.8 Å². The van der Waals surface area contributed by atoms with Gasteiger partial charge in [0.05, 0.1) is 0 Å². The van der Waals surface area contributed by atoms with Crippen molar-refractivity contribution in [1.29, 1.82) is 0 Å². The van der Waals surface area contributed by atoms with E-state index in [1.54, 1.807) is 0 Å². The minimum atomic E-state index is 0.0631. The number of amides is 1. The Kier molecular flexibility index (Phi) is 4.47. The van der Waals surface area contributed by atoms with Crippen molar-refractivity contribution in [3.63, 3.8) is 0 Å². The predicted molar refractivity (Wildman–Crippen MR) is 86.6 cm³/mol. The molecule has 0 aromatic heterocycles. The molecule has 0 heterocycles. The molecule has 2 aliphatic carbocycles. The molecule has 2 N–H and O–H groups in total. The first kappa shape index (κ1) is 14.4. The van der Waals surface area contributed by atoms with Crippen LogP contribution in [0, 0.1) is 5.92 Å². The van der Waals surface area contributed by atoms with Gasteiger partial charge in [0.1, 0.15) is 0 Å². The normalized spacial score (nSPS) is 25.4. The highest BCUT2D eigenvalue weighted by Crippen LogP contribution is 2.29. The van der Waals surface area contributed by atoms with Crippen molar-refractivity contribution >= 4 is 11.6 Å². The summed E-state index contributed by atoms with van der Waals surface area (Å²) >= 11 is 0. The third-order valence-electron chi connectivity index (χ3n) is 4.85. The minimum Gasteiger partial charge on any atom is -0.382 e. The van der Waals surface area contributed by atoms with E-state index in [0.717, 1.165) is 30.0 Å². The maximum atomic E-state index is 12.0. The second kappa shape index (κ2) is 6.50. The van der Waals surface area contributed by atoms with E-state index in [-0.39, 0.29) is 5.91 Å². The smallest absolute Gasteiger partial charge is 0.251 e. The lowest BCUT2D eigenvalue weighted by Gasteiger charge is -2.32. The number of hydrogen-bond donors (Lipinski definition) is 2. The standard InChI is InChI=1S/C18H26N2O/c1-2-13-5-3-4-6-17(13)19-15-9-7-14(8-10-15)18(21)20-16-11-12-16/h7-10,13,16-17,19H,2-6,11-12H2,1H3,(H,20,21). The summed E-state index contributed by atoms with van der Waals surface area (Å²) < 4.78 is 0. The fourth-order valence-electron chi connectivity index (χ4n) is 3.31. The molecule has 21 heavy (non-hydrogen) atoms. The number of hydrogen-bond acceptors (Lipinski definition) is 2. The van der Waals surface area contributed by atoms with Crippen LogP contribution in [0.3, 0.4) is 0 Å². The lowest BCUT2D eigenvalue weighted by molar-refractivity contribution is 0.0951. The highest BCUT2D eigenvalue weighted by Gasteiger charge is 2.24. The van der Waals surface area contributed by atoms with Gasteiger partial charge in [0.15, 0.2) is 0 Å². The van der Waals surface area contributed by atoms with Gasteiger partial charge in [0, 0.05) is 23.3 Å². The number of carbonyl (C=O) groups is 1. The van der Waals surface area contributed by atoms with Gasteiger partial charge in [-0.3, -0.25) is 4.79 Å². The zero-order chi connectivity index (χ0) is 14.7. The maximum Gasteiger partial charge on any atom is 0.251 e. The predicted octanol–water partition coefficient (Wildman–Crippen LogP) is 3.96. The van der Waals surface area contributed by atoms with E-state index < -0.39 is 0 Å². The molecule has 3 rings (SSSR count). The second-order valence-electron chi connectivity index (χ2n) is 6.53. The molecule has 1 amide bonds. The van der Waals surface area contributed by atoms with Gasteiger partial charge in [-0.05, 0) is 55.9 Å². The Morgan fingerprint density at radius 3 is 2.48 bits per heavy atom. The molecule has 3 nitrogen and oxygen atoms in total. The van der Waals surface area contributed by atoms with Crippen LogP contribution in [0.4, 0.5) is 5.69 Å². The molecule has 0 radical (unpaired) electrons. The zero-order valence-corrected chi connectivity index (χ0v) is 12.9. The summed E-state index contributed by atoms with van der Waals surface area (Å²) in [6, 6.07) is 8.97. The maximum absolute atomic E-state index is 12.0. The number of benzene rings is 1. The quantitative estimate of drug-likeness (QED) is 0.860. The Morgan fingerprint density at radius 2 is 1.81 bits per heavy atom. The van der Waals surface area contributed by atoms with Gasteiger partial charge in [-0.2, -0.15) is 0 Å². The summed E-state index contributed by atoms with van der Waals surface area (Å²) in [5.41, 5.74) is 1.91. The SMILES string of the molecule is CCC1CCCCC1Nc1ccc(C(=O)NC2CC2)cc1. The first-order valence-electron chi connectivity index (χ1n) is 8.43. The first-order chi connectivity index (χ1) is 10.3. The topological polar surface area (TPSA) is 41.1 Å². The van der Waals surface area contributed by atoms with Crippen molar-refractivity contribution in [2.24, 2.45) is 5.92 Å². The molecule has 2 saturated carbocycles. The van der Waals surface area contributed by atoms with Crippen molar-refractivity contribution < 1.29 is 4.79 Å². The molecule has 1 aromatic rings. The van der Waals surface area contributed by atoms with E-state index in [9.17, 15) is 4.79 Å². The zero-order valence-electron chi connectivity index (χ0n) is 12.9. The van der Waals surface area contributed by atoms with Crippen molar-refractivity contribution in [2.45, 2.75) is 64.0 Å². The summed E-state index contributed by atoms with van der Waals surface area (Å²) in [6.45, 7) is 2.29. The van der Waals surface area contributed by atoms with Gasteiger partial charge in [0.2, 0.25) is 0 Å². The Morgan fingerprint density at radius 1 is 1.10 bits per heavy atom. The Bertz CT molecular complexity index is 478. The fourth-order valence-corrected chi connectivity index (χ4v) is 3.31. The molecule has 2 aliphatic rings. The lowest BCUT2D eigenvalue weighted by atomic mass is 9.83. The van der Waals surface area contributed by atoms with E-state index in [1.165, 1.54) is 32.1 Å². The fraction of sp³-hybridized carbons (Fsp3) is 0.611. The van der Waals surface area contributed by atoms with Crippen LogP contribution in [0.15, 0.2) is 24.3 Å². The van der Waals surface area contributed by atoms with E-state index in [0.29, 0.717) is 12.1 Å². The molecule has 0 spiro atoms. The second-order valence-corrected chi connectivity index (χ2v) is 6.53. The summed E-state index contributed by atoms with van der Waals surface area (Å²) in [4.78, 5) is 12.0. The third kappa shape index (κ3) is 3.78. The van der Waals surface area contributed by atoms with Crippen LogP contribution in [0.1, 0.15) is 62.2 Å². The summed E-state index contributed by atoms with van der Waals surface area (Å²) in [6.07, 6.45) is 8.82. The number of anilines is 1. The van der Waals surface area contributed by atoms with Gasteiger partial charge in [-0.1, -0.05) is 26.2 Å². The van der Waals surface area contributed by atoms with Gasteiger partial charge in [-0.25, -0.2) is 0 Å². The summed E-state index contributed by atoms with van der Waals surface area (Å²) in [5, 5.41) is 6.70. The summed E-state index contributed by atoms with van der Waals surface area (Å²) in [7, 11) is 0. The van der Waals surface area contributed by atoms with E-state index in [1.807, 2.05) is 24.3 Å². The van der Waals surface area contributed by atoms with Gasteiger partial charge in [0.25, 0.3) is 5.91 Å². The number of carbonyl (C=O) groups excluding carboxylic acids is 1. The monoisotopic (exact) mass is 286 g/mol. The Balaban J connectivity index is 1.59. The summed E-state index contributed by atoms with van der Waals surface area (Å²) in [5.74, 6) is 0.852. The minimum absolute atomic E-state index is 0.0631. The van der Waals surface area contributed by atoms with Crippen LogP contribution in [0.5, 0.6) is 0 Å². The molecular weight excluding hydrogens is 260 g/mol. The van der Waals surface area contributed by atoms with E-state index in [2.05, 4.69) is 17.6 Å². The molecule has 0 bridgehead atoms. The average molecular weight is 286 g/mol. The molecule has 0 aliphatic heterocycles. The van der Waals surface area contributed by atoms with Crippen molar-refractivity contribution in [3.8, 4) is 0 Å². The average Bonchev–Trinajstić information content (AvgIpc) is 3.32. The molecular formula is C18H26N2O. The van der Waals surface area contributed by atoms with Crippen LogP contribution in [-0.4, -0.2) is 18.0 Å². The Labute approximate surface area is 127 Å². The highest BCUT2D eigenvalue weighted by atomic mass is 16.1. The molecule has 2 atom stereocenters. The molecule has 2 unspecified atom stereocenters. The largest absolute Gasteiger partial charge is 0.382 e.